The second-order valence-corrected chi connectivity index (χ2v) is 12.1. The van der Waals surface area contributed by atoms with Crippen LogP contribution in [0.5, 0.6) is 5.75 Å². The zero-order valence-corrected chi connectivity index (χ0v) is 23.3. The number of ether oxygens (including phenoxy) is 1. The Morgan fingerprint density at radius 2 is 2.00 bits per heavy atom. The summed E-state index contributed by atoms with van der Waals surface area (Å²) in [6.45, 7) is 2.36. The first-order valence-electron chi connectivity index (χ1n) is 14.6. The number of aromatic nitrogens is 2. The molecule has 4 aliphatic heterocycles. The van der Waals surface area contributed by atoms with Crippen molar-refractivity contribution in [2.45, 2.75) is 44.3 Å². The van der Waals surface area contributed by atoms with Crippen LogP contribution in [-0.2, 0) is 30.7 Å². The minimum Gasteiger partial charge on any atom is -0.497 e. The Bertz CT molecular complexity index is 1840. The van der Waals surface area contributed by atoms with Gasteiger partial charge in [-0.25, -0.2) is 0 Å². The lowest BCUT2D eigenvalue weighted by molar-refractivity contribution is -0.384. The van der Waals surface area contributed by atoms with Crippen molar-refractivity contribution in [3.63, 3.8) is 0 Å². The average molecular weight is 566 g/mol. The van der Waals surface area contributed by atoms with E-state index in [1.807, 2.05) is 45.9 Å². The highest BCUT2D eigenvalue weighted by atomic mass is 16.6. The summed E-state index contributed by atoms with van der Waals surface area (Å²) in [6.07, 6.45) is 2.10. The van der Waals surface area contributed by atoms with Crippen LogP contribution in [0.3, 0.4) is 0 Å². The molecule has 1 N–H and O–H groups in total. The number of nitrogens with zero attached hydrogens (tertiary/aromatic N) is 4. The van der Waals surface area contributed by atoms with Gasteiger partial charge in [0.15, 0.2) is 0 Å². The Morgan fingerprint density at radius 1 is 1.12 bits per heavy atom. The van der Waals surface area contributed by atoms with E-state index in [2.05, 4.69) is 9.88 Å². The third-order valence-electron chi connectivity index (χ3n) is 10.0. The van der Waals surface area contributed by atoms with Crippen LogP contribution in [0.4, 0.5) is 11.4 Å². The van der Waals surface area contributed by atoms with Crippen molar-refractivity contribution in [1.82, 2.24) is 14.5 Å². The maximum absolute atomic E-state index is 14.6. The normalized spacial score (nSPS) is 23.9. The third kappa shape index (κ3) is 3.70. The summed E-state index contributed by atoms with van der Waals surface area (Å²) in [6, 6.07) is 16.4. The number of nitro groups is 1. The van der Waals surface area contributed by atoms with Gasteiger partial charge in [0, 0.05) is 96.3 Å². The molecule has 0 radical (unpaired) electrons. The van der Waals surface area contributed by atoms with Crippen LogP contribution in [0.15, 0.2) is 59.4 Å². The van der Waals surface area contributed by atoms with Crippen LogP contribution >= 0.6 is 0 Å². The number of hydrogen-bond acceptors (Lipinski definition) is 6. The number of non-ortho nitro benzene ring substituents is 1. The van der Waals surface area contributed by atoms with Crippen molar-refractivity contribution < 1.29 is 14.5 Å². The fourth-order valence-corrected chi connectivity index (χ4v) is 8.18. The number of amides is 1. The second kappa shape index (κ2) is 9.20. The highest BCUT2D eigenvalue weighted by Crippen LogP contribution is 2.48. The fraction of sp³-hybridized carbons (Fsp3) is 0.375. The summed E-state index contributed by atoms with van der Waals surface area (Å²) >= 11 is 0. The number of anilines is 1. The van der Waals surface area contributed by atoms with Gasteiger partial charge in [-0.3, -0.25) is 19.7 Å². The summed E-state index contributed by atoms with van der Waals surface area (Å²) in [5.41, 5.74) is 6.20. The highest BCUT2D eigenvalue weighted by Gasteiger charge is 2.50. The van der Waals surface area contributed by atoms with Gasteiger partial charge in [0.05, 0.1) is 18.0 Å². The maximum Gasteiger partial charge on any atom is 0.269 e. The lowest BCUT2D eigenvalue weighted by Crippen LogP contribution is -2.61. The third-order valence-corrected chi connectivity index (χ3v) is 10.0. The van der Waals surface area contributed by atoms with Gasteiger partial charge in [0.2, 0.25) is 5.91 Å². The van der Waals surface area contributed by atoms with Crippen molar-refractivity contribution in [3.8, 4) is 5.75 Å². The number of nitro benzene ring substituents is 1. The molecule has 8 rings (SSSR count). The van der Waals surface area contributed by atoms with Crippen molar-refractivity contribution in [3.05, 3.63) is 97.6 Å². The van der Waals surface area contributed by atoms with Crippen LogP contribution in [0.1, 0.15) is 34.9 Å². The van der Waals surface area contributed by atoms with Crippen LogP contribution in [0, 0.1) is 22.0 Å². The van der Waals surface area contributed by atoms with Crippen LogP contribution in [-0.4, -0.2) is 51.5 Å². The van der Waals surface area contributed by atoms with Gasteiger partial charge in [-0.1, -0.05) is 6.07 Å². The van der Waals surface area contributed by atoms with Gasteiger partial charge >= 0.3 is 0 Å². The molecule has 214 valence electrons. The quantitative estimate of drug-likeness (QED) is 0.297. The van der Waals surface area contributed by atoms with Gasteiger partial charge in [0.1, 0.15) is 5.75 Å². The number of nitrogens with one attached hydrogen (secondary N) is 1. The summed E-state index contributed by atoms with van der Waals surface area (Å²) in [5.74, 6) is 0.761. The molecule has 10 nitrogen and oxygen atoms in total. The van der Waals surface area contributed by atoms with Gasteiger partial charge < -0.3 is 24.1 Å². The topological polar surface area (TPSA) is 114 Å². The molecule has 2 aromatic heterocycles. The van der Waals surface area contributed by atoms with Crippen LogP contribution in [0.25, 0.3) is 10.9 Å². The molecule has 4 atom stereocenters. The molecule has 0 aliphatic carbocycles. The lowest BCUT2D eigenvalue weighted by Gasteiger charge is -2.54. The van der Waals surface area contributed by atoms with Crippen molar-refractivity contribution in [2.75, 3.05) is 25.1 Å². The van der Waals surface area contributed by atoms with Gasteiger partial charge in [-0.15, -0.1) is 0 Å². The Kier molecular flexibility index (Phi) is 5.51. The molecule has 0 saturated carbocycles. The zero-order chi connectivity index (χ0) is 28.7. The molecule has 10 heteroatoms. The number of piperidine rings is 1. The largest absolute Gasteiger partial charge is 0.497 e. The minimum atomic E-state index is -0.368. The first kappa shape index (κ1) is 25.1. The Morgan fingerprint density at radius 3 is 2.83 bits per heavy atom. The molecule has 4 unspecified atom stereocenters. The number of methoxy groups -OCH3 is 1. The average Bonchev–Trinajstić information content (AvgIpc) is 3.37. The summed E-state index contributed by atoms with van der Waals surface area (Å²) in [4.78, 5) is 46.6. The van der Waals surface area contributed by atoms with E-state index in [9.17, 15) is 19.7 Å². The number of benzene rings is 2. The molecular weight excluding hydrogens is 534 g/mol. The van der Waals surface area contributed by atoms with Gasteiger partial charge in [-0.2, -0.15) is 0 Å². The molecule has 4 aliphatic rings. The summed E-state index contributed by atoms with van der Waals surface area (Å²) in [5, 5.41) is 12.7. The number of carbonyl (C=O) groups excluding carboxylic acids is 1. The molecular formula is C32H31N5O5. The van der Waals surface area contributed by atoms with Crippen molar-refractivity contribution in [1.29, 1.82) is 0 Å². The highest BCUT2D eigenvalue weighted by molar-refractivity contribution is 5.88. The molecule has 2 aromatic carbocycles. The molecule has 1 saturated heterocycles. The Labute approximate surface area is 241 Å². The first-order chi connectivity index (χ1) is 20.4. The number of H-pyrrole nitrogens is 1. The zero-order valence-electron chi connectivity index (χ0n) is 23.3. The van der Waals surface area contributed by atoms with Crippen LogP contribution < -0.4 is 15.2 Å². The van der Waals surface area contributed by atoms with E-state index in [4.69, 9.17) is 4.74 Å². The smallest absolute Gasteiger partial charge is 0.269 e. The Balaban J connectivity index is 1.19. The summed E-state index contributed by atoms with van der Waals surface area (Å²) < 4.78 is 7.37. The lowest BCUT2D eigenvalue weighted by atomic mass is 9.69. The standard InChI is InChI=1S/C32H31N5O5/c1-42-22-6-7-26-23(14-22)25-17-34(10-9-27(25)33-26)32(39)24-13-18-12-21(37(40)41)5-8-29(18)36-15-19-11-20(31(24)36)16-35-28(19)3-2-4-30(35)38/h2-8,12,14,19-20,24,31,33H,9-11,13,15-17H2,1H3. The predicted octanol–water partition coefficient (Wildman–Crippen LogP) is 4.00. The van der Waals surface area contributed by atoms with Gasteiger partial charge in [-0.05, 0) is 54.7 Å². The molecule has 4 aromatic rings. The number of aromatic amines is 1. The van der Waals surface area contributed by atoms with E-state index in [1.165, 1.54) is 0 Å². The van der Waals surface area contributed by atoms with Crippen molar-refractivity contribution >= 4 is 28.2 Å². The minimum absolute atomic E-state index is 0.00341. The van der Waals surface area contributed by atoms with E-state index in [0.717, 1.165) is 57.7 Å². The maximum atomic E-state index is 14.6. The Hall–Kier alpha value is -4.60. The van der Waals surface area contributed by atoms with E-state index in [-0.39, 0.29) is 45.9 Å². The predicted molar refractivity (Wildman–Crippen MR) is 157 cm³/mol. The van der Waals surface area contributed by atoms with E-state index in [1.54, 1.807) is 25.3 Å². The number of fused-ring (bicyclic) bond motifs is 11. The molecule has 42 heavy (non-hydrogen) atoms. The van der Waals surface area contributed by atoms with E-state index in [0.29, 0.717) is 32.6 Å². The van der Waals surface area contributed by atoms with Gasteiger partial charge in [0.25, 0.3) is 11.2 Å². The molecule has 2 bridgehead atoms. The molecule has 1 amide bonds. The number of carbonyl (C=O) groups is 1. The molecule has 6 heterocycles. The first-order valence-corrected chi connectivity index (χ1v) is 14.6. The fourth-order valence-electron chi connectivity index (χ4n) is 8.18. The van der Waals surface area contributed by atoms with Crippen LogP contribution in [0.2, 0.25) is 0 Å². The molecule has 1 fully saturated rings. The van der Waals surface area contributed by atoms with E-state index < -0.39 is 0 Å². The molecule has 0 spiro atoms. The number of hydrogen-bond donors (Lipinski definition) is 1. The summed E-state index contributed by atoms with van der Waals surface area (Å²) in [7, 11) is 1.65. The SMILES string of the molecule is COc1ccc2[nH]c3c(c2c1)CN(C(=O)C1Cc2cc([N+](=O)[O-])ccc2N2CC4CC(Cn5c4cccc5=O)C12)CC3. The van der Waals surface area contributed by atoms with E-state index >= 15 is 0 Å². The van der Waals surface area contributed by atoms with Crippen molar-refractivity contribution in [2.24, 2.45) is 11.8 Å². The number of rotatable bonds is 3. The number of pyridine rings is 1. The second-order valence-electron chi connectivity index (χ2n) is 12.1. The monoisotopic (exact) mass is 565 g/mol.